The van der Waals surface area contributed by atoms with Gasteiger partial charge in [-0.2, -0.15) is 0 Å². The van der Waals surface area contributed by atoms with Gasteiger partial charge in [-0.05, 0) is 31.2 Å². The lowest BCUT2D eigenvalue weighted by Crippen LogP contribution is -2.31. The van der Waals surface area contributed by atoms with Gasteiger partial charge in [0.2, 0.25) is 5.91 Å². The summed E-state index contributed by atoms with van der Waals surface area (Å²) >= 11 is 0. The van der Waals surface area contributed by atoms with E-state index in [1.54, 1.807) is 25.1 Å². The highest BCUT2D eigenvalue weighted by Gasteiger charge is 2.13. The van der Waals surface area contributed by atoms with E-state index in [-0.39, 0.29) is 11.7 Å². The maximum absolute atomic E-state index is 13.6. The minimum Gasteiger partial charge on any atom is -0.494 e. The number of nitrogens with one attached hydrogen (secondary N) is 2. The van der Waals surface area contributed by atoms with Crippen LogP contribution in [0.15, 0.2) is 48.5 Å². The van der Waals surface area contributed by atoms with Gasteiger partial charge in [0, 0.05) is 17.4 Å². The quantitative estimate of drug-likeness (QED) is 0.887. The van der Waals surface area contributed by atoms with Crippen LogP contribution in [0, 0.1) is 5.82 Å². The average Bonchev–Trinajstić information content (AvgIpc) is 2.48. The molecular formula is C16H17FN2O2. The molecule has 2 aromatic carbocycles. The van der Waals surface area contributed by atoms with E-state index < -0.39 is 11.9 Å². The number of carbonyl (C=O) groups excluding carboxylic acids is 1. The Morgan fingerprint density at radius 2 is 1.86 bits per heavy atom. The summed E-state index contributed by atoms with van der Waals surface area (Å²) in [6, 6.07) is 13.1. The summed E-state index contributed by atoms with van der Waals surface area (Å²) in [5.41, 5.74) is 1.24. The largest absolute Gasteiger partial charge is 0.494 e. The fourth-order valence-corrected chi connectivity index (χ4v) is 1.84. The molecule has 2 rings (SSSR count). The Morgan fingerprint density at radius 1 is 1.14 bits per heavy atom. The van der Waals surface area contributed by atoms with Crippen molar-refractivity contribution < 1.29 is 13.9 Å². The standard InChI is InChI=1S/C16H17FN2O2/c1-11(16(20)19-12-6-4-3-5-7-12)18-13-8-9-15(21-2)14(17)10-13/h3-11,18H,1-2H3,(H,19,20). The lowest BCUT2D eigenvalue weighted by molar-refractivity contribution is -0.116. The maximum atomic E-state index is 13.6. The van der Waals surface area contributed by atoms with Gasteiger partial charge in [0.15, 0.2) is 11.6 Å². The van der Waals surface area contributed by atoms with E-state index in [4.69, 9.17) is 4.74 Å². The van der Waals surface area contributed by atoms with Crippen LogP contribution in [0.3, 0.4) is 0 Å². The Hall–Kier alpha value is -2.56. The van der Waals surface area contributed by atoms with E-state index in [2.05, 4.69) is 10.6 Å². The molecule has 1 unspecified atom stereocenters. The smallest absolute Gasteiger partial charge is 0.246 e. The normalized spacial score (nSPS) is 11.6. The third kappa shape index (κ3) is 3.95. The molecule has 21 heavy (non-hydrogen) atoms. The van der Waals surface area contributed by atoms with Crippen LogP contribution < -0.4 is 15.4 Å². The number of ether oxygens (including phenoxy) is 1. The van der Waals surface area contributed by atoms with E-state index in [0.717, 1.165) is 5.69 Å². The molecule has 2 aromatic rings. The molecule has 5 heteroatoms. The van der Waals surface area contributed by atoms with E-state index in [0.29, 0.717) is 5.69 Å². The SMILES string of the molecule is COc1ccc(NC(C)C(=O)Nc2ccccc2)cc1F. The Morgan fingerprint density at radius 3 is 2.48 bits per heavy atom. The van der Waals surface area contributed by atoms with Crippen LogP contribution >= 0.6 is 0 Å². The maximum Gasteiger partial charge on any atom is 0.246 e. The first kappa shape index (κ1) is 14.8. The predicted octanol–water partition coefficient (Wildman–Crippen LogP) is 3.27. The van der Waals surface area contributed by atoms with Crippen LogP contribution in [-0.2, 0) is 4.79 Å². The van der Waals surface area contributed by atoms with Crippen LogP contribution in [0.5, 0.6) is 5.75 Å². The minimum absolute atomic E-state index is 0.168. The van der Waals surface area contributed by atoms with Crippen molar-refractivity contribution in [2.45, 2.75) is 13.0 Å². The molecule has 0 aliphatic carbocycles. The molecule has 0 saturated heterocycles. The Kier molecular flexibility index (Phi) is 4.77. The second-order valence-electron chi connectivity index (χ2n) is 4.57. The minimum atomic E-state index is -0.502. The topological polar surface area (TPSA) is 50.4 Å². The molecule has 2 N–H and O–H groups in total. The highest BCUT2D eigenvalue weighted by atomic mass is 19.1. The van der Waals surface area contributed by atoms with Crippen LogP contribution in [0.25, 0.3) is 0 Å². The lowest BCUT2D eigenvalue weighted by Gasteiger charge is -2.15. The van der Waals surface area contributed by atoms with Gasteiger partial charge in [0.1, 0.15) is 6.04 Å². The molecule has 0 spiro atoms. The number of para-hydroxylation sites is 1. The van der Waals surface area contributed by atoms with Gasteiger partial charge in [-0.25, -0.2) is 4.39 Å². The molecule has 0 heterocycles. The van der Waals surface area contributed by atoms with Crippen molar-refractivity contribution >= 4 is 17.3 Å². The zero-order valence-corrected chi connectivity index (χ0v) is 11.9. The number of benzene rings is 2. The molecule has 0 aliphatic rings. The first-order valence-corrected chi connectivity index (χ1v) is 6.56. The summed E-state index contributed by atoms with van der Waals surface area (Å²) in [5.74, 6) is -0.502. The molecule has 0 aliphatic heterocycles. The second-order valence-corrected chi connectivity index (χ2v) is 4.57. The Labute approximate surface area is 122 Å². The molecule has 0 bridgehead atoms. The van der Waals surface area contributed by atoms with Crippen molar-refractivity contribution in [2.24, 2.45) is 0 Å². The predicted molar refractivity (Wildman–Crippen MR) is 81.1 cm³/mol. The third-order valence-electron chi connectivity index (χ3n) is 2.97. The van der Waals surface area contributed by atoms with Crippen LogP contribution in [0.4, 0.5) is 15.8 Å². The van der Waals surface area contributed by atoms with Gasteiger partial charge < -0.3 is 15.4 Å². The number of halogens is 1. The molecule has 0 saturated carbocycles. The average molecular weight is 288 g/mol. The van der Waals surface area contributed by atoms with Gasteiger partial charge in [0.05, 0.1) is 7.11 Å². The van der Waals surface area contributed by atoms with E-state index in [9.17, 15) is 9.18 Å². The van der Waals surface area contributed by atoms with Crippen molar-refractivity contribution in [2.75, 3.05) is 17.7 Å². The third-order valence-corrected chi connectivity index (χ3v) is 2.97. The number of anilines is 2. The second kappa shape index (κ2) is 6.74. The van der Waals surface area contributed by atoms with Crippen molar-refractivity contribution in [3.63, 3.8) is 0 Å². The molecule has 0 radical (unpaired) electrons. The highest BCUT2D eigenvalue weighted by molar-refractivity contribution is 5.96. The van der Waals surface area contributed by atoms with Crippen LogP contribution in [0.1, 0.15) is 6.92 Å². The van der Waals surface area contributed by atoms with Gasteiger partial charge >= 0.3 is 0 Å². The summed E-state index contributed by atoms with van der Waals surface area (Å²) in [4.78, 5) is 12.0. The van der Waals surface area contributed by atoms with Gasteiger partial charge in [-0.15, -0.1) is 0 Å². The van der Waals surface area contributed by atoms with Crippen molar-refractivity contribution in [1.29, 1.82) is 0 Å². The first-order chi connectivity index (χ1) is 10.1. The molecular weight excluding hydrogens is 271 g/mol. The molecule has 0 fully saturated rings. The Balaban J connectivity index is 1.99. The molecule has 1 amide bonds. The van der Waals surface area contributed by atoms with Gasteiger partial charge in [-0.3, -0.25) is 4.79 Å². The van der Waals surface area contributed by atoms with Crippen LogP contribution in [0.2, 0.25) is 0 Å². The molecule has 4 nitrogen and oxygen atoms in total. The van der Waals surface area contributed by atoms with E-state index >= 15 is 0 Å². The monoisotopic (exact) mass is 288 g/mol. The highest BCUT2D eigenvalue weighted by Crippen LogP contribution is 2.21. The van der Waals surface area contributed by atoms with Crippen molar-refractivity contribution in [3.8, 4) is 5.75 Å². The Bertz CT molecular complexity index is 617. The summed E-state index contributed by atoms with van der Waals surface area (Å²) in [5, 5.41) is 5.73. The number of hydrogen-bond acceptors (Lipinski definition) is 3. The van der Waals surface area contributed by atoms with Gasteiger partial charge in [-0.1, -0.05) is 18.2 Å². The fraction of sp³-hybridized carbons (Fsp3) is 0.188. The fourth-order valence-electron chi connectivity index (χ4n) is 1.84. The summed E-state index contributed by atoms with van der Waals surface area (Å²) < 4.78 is 18.4. The number of hydrogen-bond donors (Lipinski definition) is 2. The van der Waals surface area contributed by atoms with Gasteiger partial charge in [0.25, 0.3) is 0 Å². The van der Waals surface area contributed by atoms with Crippen LogP contribution in [-0.4, -0.2) is 19.1 Å². The zero-order chi connectivity index (χ0) is 15.2. The number of amides is 1. The summed E-state index contributed by atoms with van der Waals surface area (Å²) in [6.45, 7) is 1.71. The lowest BCUT2D eigenvalue weighted by atomic mass is 10.2. The zero-order valence-electron chi connectivity index (χ0n) is 11.9. The molecule has 110 valence electrons. The molecule has 1 atom stereocenters. The van der Waals surface area contributed by atoms with Crippen molar-refractivity contribution in [1.82, 2.24) is 0 Å². The summed E-state index contributed by atoms with van der Waals surface area (Å²) in [6.07, 6.45) is 0. The number of carbonyl (C=O) groups is 1. The van der Waals surface area contributed by atoms with E-state index in [1.807, 2.05) is 18.2 Å². The summed E-state index contributed by atoms with van der Waals surface area (Å²) in [7, 11) is 1.40. The van der Waals surface area contributed by atoms with Crippen molar-refractivity contribution in [3.05, 3.63) is 54.3 Å². The van der Waals surface area contributed by atoms with E-state index in [1.165, 1.54) is 19.2 Å². The number of methoxy groups -OCH3 is 1. The number of rotatable bonds is 5. The first-order valence-electron chi connectivity index (χ1n) is 6.56. The molecule has 0 aromatic heterocycles.